The molecule has 5 nitrogen and oxygen atoms in total. The molecule has 3 amide bonds. The number of benzene rings is 3. The number of amides is 3. The van der Waals surface area contributed by atoms with Crippen LogP contribution in [-0.2, 0) is 11.3 Å². The maximum atomic E-state index is 13.1. The number of nitrogens with zero attached hydrogens (tertiary/aromatic N) is 2. The number of likely N-dealkylation sites (tertiary alicyclic amines) is 1. The number of nitrogens with one attached hydrogen (secondary N) is 1. The second kappa shape index (κ2) is 8.99. The highest BCUT2D eigenvalue weighted by atomic mass is 16.2. The van der Waals surface area contributed by atoms with Gasteiger partial charge in [0.1, 0.15) is 0 Å². The number of hydrogen-bond donors (Lipinski definition) is 1. The minimum atomic E-state index is -0.166. The molecule has 1 heterocycles. The third kappa shape index (κ3) is 4.46. The van der Waals surface area contributed by atoms with Crippen molar-refractivity contribution in [2.75, 3.05) is 25.5 Å². The number of anilines is 1. The summed E-state index contributed by atoms with van der Waals surface area (Å²) in [4.78, 5) is 29.3. The summed E-state index contributed by atoms with van der Waals surface area (Å²) >= 11 is 0. The number of urea groups is 1. The van der Waals surface area contributed by atoms with E-state index in [4.69, 9.17) is 0 Å². The number of rotatable bonds is 4. The molecule has 1 fully saturated rings. The van der Waals surface area contributed by atoms with Gasteiger partial charge >= 0.3 is 6.03 Å². The van der Waals surface area contributed by atoms with E-state index < -0.39 is 0 Å². The van der Waals surface area contributed by atoms with Gasteiger partial charge in [-0.1, -0.05) is 60.7 Å². The Balaban J connectivity index is 1.40. The quantitative estimate of drug-likeness (QED) is 0.686. The van der Waals surface area contributed by atoms with E-state index in [0.29, 0.717) is 19.6 Å². The fourth-order valence-corrected chi connectivity index (χ4v) is 4.16. The molecule has 5 heteroatoms. The van der Waals surface area contributed by atoms with Gasteiger partial charge in [-0.2, -0.15) is 0 Å². The predicted octanol–water partition coefficient (Wildman–Crippen LogP) is 4.74. The van der Waals surface area contributed by atoms with Gasteiger partial charge in [-0.15, -0.1) is 0 Å². The van der Waals surface area contributed by atoms with Crippen molar-refractivity contribution < 1.29 is 9.59 Å². The molecule has 0 bridgehead atoms. The van der Waals surface area contributed by atoms with Gasteiger partial charge in [-0.25, -0.2) is 4.79 Å². The summed E-state index contributed by atoms with van der Waals surface area (Å²) in [5, 5.41) is 5.27. The third-order valence-corrected chi connectivity index (χ3v) is 5.75. The van der Waals surface area contributed by atoms with Crippen LogP contribution in [0.25, 0.3) is 10.8 Å². The van der Waals surface area contributed by atoms with E-state index in [2.05, 4.69) is 29.6 Å². The van der Waals surface area contributed by atoms with Crippen LogP contribution in [-0.4, -0.2) is 41.9 Å². The van der Waals surface area contributed by atoms with Crippen molar-refractivity contribution in [2.24, 2.45) is 5.92 Å². The Morgan fingerprint density at radius 3 is 2.57 bits per heavy atom. The molecule has 0 saturated carbocycles. The van der Waals surface area contributed by atoms with Crippen LogP contribution in [0.5, 0.6) is 0 Å². The Bertz CT molecular complexity index is 1030. The lowest BCUT2D eigenvalue weighted by molar-refractivity contribution is -0.136. The molecule has 0 aromatic heterocycles. The van der Waals surface area contributed by atoms with Gasteiger partial charge in [0, 0.05) is 32.4 Å². The molecule has 1 aliphatic heterocycles. The van der Waals surface area contributed by atoms with Crippen LogP contribution in [0.2, 0.25) is 0 Å². The molecule has 1 saturated heterocycles. The first-order chi connectivity index (χ1) is 14.6. The Morgan fingerprint density at radius 2 is 1.73 bits per heavy atom. The second-order valence-electron chi connectivity index (χ2n) is 7.91. The van der Waals surface area contributed by atoms with E-state index in [-0.39, 0.29) is 17.9 Å². The average molecular weight is 402 g/mol. The highest BCUT2D eigenvalue weighted by molar-refractivity contribution is 5.90. The number of fused-ring (bicyclic) bond motifs is 1. The highest BCUT2D eigenvalue weighted by Crippen LogP contribution is 2.23. The zero-order valence-electron chi connectivity index (χ0n) is 17.3. The summed E-state index contributed by atoms with van der Waals surface area (Å²) in [6.07, 6.45) is 1.65. The molecule has 1 atom stereocenters. The van der Waals surface area contributed by atoms with E-state index in [9.17, 15) is 9.59 Å². The smallest absolute Gasteiger partial charge is 0.321 e. The van der Waals surface area contributed by atoms with Crippen LogP contribution in [0.4, 0.5) is 10.5 Å². The van der Waals surface area contributed by atoms with E-state index in [0.717, 1.165) is 24.1 Å². The maximum Gasteiger partial charge on any atom is 0.321 e. The summed E-state index contributed by atoms with van der Waals surface area (Å²) in [6, 6.07) is 23.7. The molecule has 1 aliphatic rings. The van der Waals surface area contributed by atoms with Crippen molar-refractivity contribution in [3.05, 3.63) is 78.4 Å². The molecular weight excluding hydrogens is 374 g/mol. The fraction of sp³-hybridized carbons (Fsp3) is 0.280. The normalized spacial score (nSPS) is 16.3. The first-order valence-electron chi connectivity index (χ1n) is 10.4. The van der Waals surface area contributed by atoms with Gasteiger partial charge in [-0.05, 0) is 41.3 Å². The van der Waals surface area contributed by atoms with Gasteiger partial charge in [0.05, 0.1) is 5.92 Å². The summed E-state index contributed by atoms with van der Waals surface area (Å²) in [6.45, 7) is 1.69. The SMILES string of the molecule is CN(Cc1cccc2ccccc12)C(=O)C1CCCN(C(=O)Nc2ccccc2)C1. The first-order valence-corrected chi connectivity index (χ1v) is 10.4. The van der Waals surface area contributed by atoms with Gasteiger partial charge in [0.2, 0.25) is 5.91 Å². The lowest BCUT2D eigenvalue weighted by atomic mass is 9.96. The molecule has 3 aromatic carbocycles. The molecule has 1 unspecified atom stereocenters. The van der Waals surface area contributed by atoms with Crippen LogP contribution in [0.15, 0.2) is 72.8 Å². The molecule has 3 aromatic rings. The molecule has 30 heavy (non-hydrogen) atoms. The summed E-state index contributed by atoms with van der Waals surface area (Å²) in [7, 11) is 1.85. The lowest BCUT2D eigenvalue weighted by Crippen LogP contribution is -2.47. The summed E-state index contributed by atoms with van der Waals surface area (Å²) in [5.41, 5.74) is 1.91. The minimum Gasteiger partial charge on any atom is -0.341 e. The average Bonchev–Trinajstić information content (AvgIpc) is 2.79. The van der Waals surface area contributed by atoms with Crippen molar-refractivity contribution >= 4 is 28.4 Å². The molecule has 1 N–H and O–H groups in total. The van der Waals surface area contributed by atoms with Crippen molar-refractivity contribution in [2.45, 2.75) is 19.4 Å². The predicted molar refractivity (Wildman–Crippen MR) is 120 cm³/mol. The van der Waals surface area contributed by atoms with Crippen LogP contribution < -0.4 is 5.32 Å². The molecule has 0 aliphatic carbocycles. The van der Waals surface area contributed by atoms with Crippen LogP contribution in [0.3, 0.4) is 0 Å². The highest BCUT2D eigenvalue weighted by Gasteiger charge is 2.30. The number of para-hydroxylation sites is 1. The zero-order valence-corrected chi connectivity index (χ0v) is 17.3. The van der Waals surface area contributed by atoms with Gasteiger partial charge in [0.25, 0.3) is 0 Å². The Kier molecular flexibility index (Phi) is 5.98. The Labute approximate surface area is 177 Å². The number of hydrogen-bond acceptors (Lipinski definition) is 2. The molecular formula is C25H27N3O2. The van der Waals surface area contributed by atoms with Crippen molar-refractivity contribution in [1.29, 1.82) is 0 Å². The maximum absolute atomic E-state index is 13.1. The van der Waals surface area contributed by atoms with E-state index >= 15 is 0 Å². The standard InChI is InChI=1S/C25H27N3O2/c1-27(17-20-11-7-10-19-9-5-6-15-23(19)20)24(29)21-12-8-16-28(18-21)25(30)26-22-13-3-2-4-14-22/h2-7,9-11,13-15,21H,8,12,16-18H2,1H3,(H,26,30). The monoisotopic (exact) mass is 401 g/mol. The molecule has 4 rings (SSSR count). The molecule has 0 spiro atoms. The van der Waals surface area contributed by atoms with Crippen molar-refractivity contribution in [1.82, 2.24) is 9.80 Å². The molecule has 154 valence electrons. The van der Waals surface area contributed by atoms with Crippen molar-refractivity contribution in [3.8, 4) is 0 Å². The number of carbonyl (C=O) groups excluding carboxylic acids is 2. The van der Waals surface area contributed by atoms with E-state index in [1.165, 1.54) is 10.8 Å². The van der Waals surface area contributed by atoms with Gasteiger partial charge < -0.3 is 15.1 Å². The van der Waals surface area contributed by atoms with Crippen LogP contribution in [0, 0.1) is 5.92 Å². The first kappa shape index (κ1) is 20.0. The Hall–Kier alpha value is -3.34. The van der Waals surface area contributed by atoms with Gasteiger partial charge in [-0.3, -0.25) is 4.79 Å². The Morgan fingerprint density at radius 1 is 1.00 bits per heavy atom. The minimum absolute atomic E-state index is 0.0974. The summed E-state index contributed by atoms with van der Waals surface area (Å²) in [5.74, 6) is -0.0691. The second-order valence-corrected chi connectivity index (χ2v) is 7.91. The van der Waals surface area contributed by atoms with E-state index in [1.807, 2.05) is 55.6 Å². The largest absolute Gasteiger partial charge is 0.341 e. The summed E-state index contributed by atoms with van der Waals surface area (Å²) < 4.78 is 0. The number of carbonyl (C=O) groups is 2. The zero-order chi connectivity index (χ0) is 20.9. The van der Waals surface area contributed by atoms with Crippen LogP contribution in [0.1, 0.15) is 18.4 Å². The van der Waals surface area contributed by atoms with E-state index in [1.54, 1.807) is 9.80 Å². The van der Waals surface area contributed by atoms with Crippen LogP contribution >= 0.6 is 0 Å². The lowest BCUT2D eigenvalue weighted by Gasteiger charge is -2.34. The number of piperidine rings is 1. The third-order valence-electron chi connectivity index (χ3n) is 5.75. The topological polar surface area (TPSA) is 52.7 Å². The van der Waals surface area contributed by atoms with Gasteiger partial charge in [0.15, 0.2) is 0 Å². The molecule has 0 radical (unpaired) electrons. The fourth-order valence-electron chi connectivity index (χ4n) is 4.16. The van der Waals surface area contributed by atoms with Crippen molar-refractivity contribution in [3.63, 3.8) is 0 Å².